The molecule has 4 nitrogen and oxygen atoms in total. The third kappa shape index (κ3) is 9.16. The molecule has 6 aromatic rings. The first-order chi connectivity index (χ1) is 26.3. The summed E-state index contributed by atoms with van der Waals surface area (Å²) in [6, 6.07) is 22.1. The molecule has 6 aromatic heterocycles. The standard InChI is InChI=1S/C44H42N4S6/c1-5-9-11-27(7-3)13-31-17-35(49-33(31)15-29(23-45)24-46)37-19-39-41(51-37)21-43(53-39)44-22-42-40(54-44)20-38(52-42)36-18-32(14-28(8-4)12-10-6-2)34(50-36)16-30(25-47)26-48/h15-22,27-28H,5-14H2,1-4H3. The van der Waals surface area contributed by atoms with Gasteiger partial charge in [-0.15, -0.1) is 68.0 Å². The van der Waals surface area contributed by atoms with Crippen LogP contribution >= 0.6 is 68.0 Å². The minimum Gasteiger partial charge on any atom is -0.192 e. The Morgan fingerprint density at radius 3 is 1.09 bits per heavy atom. The number of rotatable bonds is 17. The maximum Gasteiger partial charge on any atom is 0.131 e. The van der Waals surface area contributed by atoms with Gasteiger partial charge in [-0.25, -0.2) is 0 Å². The van der Waals surface area contributed by atoms with Gasteiger partial charge in [-0.3, -0.25) is 0 Å². The van der Waals surface area contributed by atoms with Crippen molar-refractivity contribution in [3.63, 3.8) is 0 Å². The first-order valence-corrected chi connectivity index (χ1v) is 23.6. The number of allylic oxidation sites excluding steroid dienone is 2. The molecule has 10 heteroatoms. The lowest BCUT2D eigenvalue weighted by atomic mass is 9.92. The van der Waals surface area contributed by atoms with Crippen LogP contribution in [-0.2, 0) is 12.8 Å². The van der Waals surface area contributed by atoms with Crippen molar-refractivity contribution in [1.82, 2.24) is 0 Å². The molecule has 0 aromatic carbocycles. The molecule has 0 aliphatic heterocycles. The highest BCUT2D eigenvalue weighted by atomic mass is 32.1. The van der Waals surface area contributed by atoms with Crippen LogP contribution in [0.2, 0.25) is 0 Å². The fourth-order valence-corrected chi connectivity index (χ4v) is 14.1. The number of unbranched alkanes of at least 4 members (excludes halogenated alkanes) is 2. The molecule has 0 saturated carbocycles. The summed E-state index contributed by atoms with van der Waals surface area (Å²) < 4.78 is 5.12. The van der Waals surface area contributed by atoms with Gasteiger partial charge in [-0.2, -0.15) is 21.0 Å². The summed E-state index contributed by atoms with van der Waals surface area (Å²) in [4.78, 5) is 9.51. The van der Waals surface area contributed by atoms with Crippen molar-refractivity contribution in [3.05, 3.63) is 68.4 Å². The molecular weight excluding hydrogens is 777 g/mol. The van der Waals surface area contributed by atoms with E-state index in [0.717, 1.165) is 35.4 Å². The van der Waals surface area contributed by atoms with Gasteiger partial charge >= 0.3 is 0 Å². The summed E-state index contributed by atoms with van der Waals surface area (Å²) in [5.74, 6) is 1.19. The van der Waals surface area contributed by atoms with Crippen molar-refractivity contribution < 1.29 is 0 Å². The average Bonchev–Trinajstić information content (AvgIpc) is 4.03. The Labute approximate surface area is 343 Å². The van der Waals surface area contributed by atoms with E-state index in [1.807, 2.05) is 45.3 Å². The zero-order valence-corrected chi connectivity index (χ0v) is 36.0. The molecule has 0 amide bonds. The van der Waals surface area contributed by atoms with Gasteiger partial charge in [-0.05, 0) is 84.4 Å². The first-order valence-electron chi connectivity index (χ1n) is 18.7. The van der Waals surface area contributed by atoms with Crippen molar-refractivity contribution in [2.75, 3.05) is 0 Å². The Morgan fingerprint density at radius 1 is 0.500 bits per heavy atom. The van der Waals surface area contributed by atoms with E-state index >= 15 is 0 Å². The highest BCUT2D eigenvalue weighted by molar-refractivity contribution is 7.36. The topological polar surface area (TPSA) is 95.2 Å². The van der Waals surface area contributed by atoms with Crippen molar-refractivity contribution >= 4 is 99.0 Å². The lowest BCUT2D eigenvalue weighted by molar-refractivity contribution is 0.449. The van der Waals surface area contributed by atoms with E-state index in [-0.39, 0.29) is 11.1 Å². The largest absolute Gasteiger partial charge is 0.192 e. The van der Waals surface area contributed by atoms with Crippen LogP contribution in [0, 0.1) is 57.2 Å². The predicted molar refractivity (Wildman–Crippen MR) is 237 cm³/mol. The Balaban J connectivity index is 1.25. The van der Waals surface area contributed by atoms with Crippen LogP contribution in [0.3, 0.4) is 0 Å². The number of fused-ring (bicyclic) bond motifs is 2. The number of hydrogen-bond acceptors (Lipinski definition) is 10. The van der Waals surface area contributed by atoms with Gasteiger partial charge in [-0.1, -0.05) is 79.1 Å². The number of nitriles is 4. The molecule has 0 aliphatic rings. The second-order valence-electron chi connectivity index (χ2n) is 13.7. The van der Waals surface area contributed by atoms with Crippen LogP contribution in [-0.4, -0.2) is 0 Å². The van der Waals surface area contributed by atoms with Gasteiger partial charge in [0.2, 0.25) is 0 Å². The number of nitrogens with zero attached hydrogens (tertiary/aromatic N) is 4. The van der Waals surface area contributed by atoms with Crippen LogP contribution in [0.25, 0.3) is 60.2 Å². The Hall–Kier alpha value is -3.84. The smallest absolute Gasteiger partial charge is 0.131 e. The third-order valence-corrected chi connectivity index (χ3v) is 17.4. The van der Waals surface area contributed by atoms with E-state index in [1.54, 1.807) is 34.8 Å². The van der Waals surface area contributed by atoms with Crippen LogP contribution in [0.15, 0.2) is 47.5 Å². The fraction of sp³-hybridized carbons (Fsp3) is 0.364. The lowest BCUT2D eigenvalue weighted by Gasteiger charge is -2.14. The van der Waals surface area contributed by atoms with Crippen molar-refractivity contribution in [2.45, 2.75) is 91.9 Å². The second-order valence-corrected chi connectivity index (χ2v) is 20.2. The predicted octanol–water partition coefficient (Wildman–Crippen LogP) is 15.7. The van der Waals surface area contributed by atoms with E-state index in [0.29, 0.717) is 11.8 Å². The van der Waals surface area contributed by atoms with Gasteiger partial charge < -0.3 is 0 Å². The molecule has 2 unspecified atom stereocenters. The molecule has 0 aliphatic carbocycles. The van der Waals surface area contributed by atoms with E-state index in [9.17, 15) is 21.0 Å². The Morgan fingerprint density at radius 2 is 0.815 bits per heavy atom. The van der Waals surface area contributed by atoms with Crippen LogP contribution in [0.5, 0.6) is 0 Å². The van der Waals surface area contributed by atoms with Crippen molar-refractivity contribution in [1.29, 1.82) is 21.0 Å². The van der Waals surface area contributed by atoms with E-state index in [2.05, 4.69) is 88.4 Å². The highest BCUT2D eigenvalue weighted by Gasteiger charge is 2.20. The summed E-state index contributed by atoms with van der Waals surface area (Å²) in [5.41, 5.74) is 2.80. The molecule has 0 saturated heterocycles. The van der Waals surface area contributed by atoms with Crippen molar-refractivity contribution in [3.8, 4) is 53.5 Å². The molecule has 54 heavy (non-hydrogen) atoms. The Bertz CT molecular complexity index is 2210. The summed E-state index contributed by atoms with van der Waals surface area (Å²) in [6.45, 7) is 8.99. The van der Waals surface area contributed by atoms with Gasteiger partial charge in [0.25, 0.3) is 0 Å². The summed E-state index contributed by atoms with van der Waals surface area (Å²) in [6.07, 6.45) is 15.0. The molecular formula is C44H42N4S6. The summed E-state index contributed by atoms with van der Waals surface area (Å²) >= 11 is 10.7. The first kappa shape index (κ1) is 39.8. The van der Waals surface area contributed by atoms with Crippen LogP contribution in [0.4, 0.5) is 0 Å². The minimum absolute atomic E-state index is 0.154. The molecule has 0 radical (unpaired) electrons. The van der Waals surface area contributed by atoms with Crippen molar-refractivity contribution in [2.24, 2.45) is 11.8 Å². The van der Waals surface area contributed by atoms with E-state index in [1.165, 1.54) is 97.7 Å². The summed E-state index contributed by atoms with van der Waals surface area (Å²) in [5, 5.41) is 38.0. The van der Waals surface area contributed by atoms with Gasteiger partial charge in [0.1, 0.15) is 35.4 Å². The molecule has 2 atom stereocenters. The SMILES string of the molecule is CCCCC(CC)Cc1cc(-c2cc3sc(-c4cc5sc(-c6cc(CC(CC)CCCC)c(C=C(C#N)C#N)s6)cc5s4)cc3s2)sc1C=C(C#N)C#N. The molecule has 6 heterocycles. The quantitative estimate of drug-likeness (QED) is 0.0856. The minimum atomic E-state index is 0.154. The maximum atomic E-state index is 9.49. The molecule has 0 bridgehead atoms. The Kier molecular flexibility index (Phi) is 13.8. The monoisotopic (exact) mass is 818 g/mol. The fourth-order valence-electron chi connectivity index (χ4n) is 6.80. The van der Waals surface area contributed by atoms with Gasteiger partial charge in [0, 0.05) is 57.8 Å². The number of thiophene rings is 6. The normalized spacial score (nSPS) is 12.2. The second kappa shape index (κ2) is 18.7. The zero-order valence-electron chi connectivity index (χ0n) is 31.1. The lowest BCUT2D eigenvalue weighted by Crippen LogP contribution is -2.03. The van der Waals surface area contributed by atoms with Crippen LogP contribution < -0.4 is 0 Å². The van der Waals surface area contributed by atoms with Gasteiger partial charge in [0.05, 0.1) is 0 Å². The highest BCUT2D eigenvalue weighted by Crippen LogP contribution is 2.49. The molecule has 0 spiro atoms. The number of hydrogen-bond donors (Lipinski definition) is 0. The third-order valence-electron chi connectivity index (χ3n) is 9.96. The zero-order chi connectivity index (χ0) is 38.2. The van der Waals surface area contributed by atoms with Crippen LogP contribution in [0.1, 0.15) is 99.9 Å². The molecule has 6 rings (SSSR count). The van der Waals surface area contributed by atoms with E-state index in [4.69, 9.17) is 0 Å². The molecule has 0 fully saturated rings. The maximum absolute atomic E-state index is 9.49. The molecule has 0 N–H and O–H groups in total. The molecule has 274 valence electrons. The summed E-state index contributed by atoms with van der Waals surface area (Å²) in [7, 11) is 0. The van der Waals surface area contributed by atoms with Gasteiger partial charge in [0.15, 0.2) is 0 Å². The average molecular weight is 819 g/mol. The van der Waals surface area contributed by atoms with E-state index < -0.39 is 0 Å².